The number of unbranched alkanes of at least 4 members (excludes halogenated alkanes) is 1. The molecule has 0 radical (unpaired) electrons. The molecule has 1 aliphatic carbocycles. The van der Waals surface area contributed by atoms with Crippen LogP contribution in [0.3, 0.4) is 0 Å². The maximum Gasteiger partial charge on any atom is 0.127 e. The molecule has 0 saturated carbocycles. The molecule has 92 valence electrons. The summed E-state index contributed by atoms with van der Waals surface area (Å²) < 4.78 is 5.91. The van der Waals surface area contributed by atoms with Crippen molar-refractivity contribution in [2.45, 2.75) is 26.2 Å². The fraction of sp³-hybridized carbons (Fsp3) is 0.294. The van der Waals surface area contributed by atoms with Gasteiger partial charge in [0.1, 0.15) is 5.75 Å². The Bertz CT molecular complexity index is 596. The molecule has 0 bridgehead atoms. The summed E-state index contributed by atoms with van der Waals surface area (Å²) in [4.78, 5) is 0. The molecule has 18 heavy (non-hydrogen) atoms. The van der Waals surface area contributed by atoms with Crippen LogP contribution in [0.2, 0.25) is 0 Å². The number of hydrogen-bond donors (Lipinski definition) is 0. The van der Waals surface area contributed by atoms with Gasteiger partial charge in [0.2, 0.25) is 0 Å². The topological polar surface area (TPSA) is 9.23 Å². The highest BCUT2D eigenvalue weighted by Crippen LogP contribution is 2.34. The zero-order chi connectivity index (χ0) is 12.4. The maximum absolute atomic E-state index is 5.91. The first-order valence-corrected chi connectivity index (χ1v) is 6.74. The predicted molar refractivity (Wildman–Crippen MR) is 77.1 cm³/mol. The van der Waals surface area contributed by atoms with E-state index in [1.54, 1.807) is 0 Å². The van der Waals surface area contributed by atoms with Crippen LogP contribution in [-0.4, -0.2) is 6.61 Å². The molecule has 0 fully saturated rings. The molecular weight excluding hydrogens is 220 g/mol. The molecule has 0 atom stereocenters. The molecule has 0 heterocycles. The minimum Gasteiger partial charge on any atom is -0.493 e. The van der Waals surface area contributed by atoms with E-state index < -0.39 is 0 Å². The Morgan fingerprint density at radius 3 is 3.00 bits per heavy atom. The van der Waals surface area contributed by atoms with E-state index in [0.717, 1.165) is 25.2 Å². The van der Waals surface area contributed by atoms with Crippen LogP contribution in [-0.2, 0) is 6.42 Å². The van der Waals surface area contributed by atoms with Crippen molar-refractivity contribution in [3.63, 3.8) is 0 Å². The molecule has 0 amide bonds. The summed E-state index contributed by atoms with van der Waals surface area (Å²) in [5.74, 6) is 1.03. The molecule has 0 aliphatic heterocycles. The Kier molecular flexibility index (Phi) is 3.06. The first kappa shape index (κ1) is 11.3. The Balaban J connectivity index is 2.07. The van der Waals surface area contributed by atoms with Gasteiger partial charge in [-0.2, -0.15) is 0 Å². The van der Waals surface area contributed by atoms with Crippen molar-refractivity contribution in [3.8, 4) is 5.75 Å². The van der Waals surface area contributed by atoms with E-state index in [4.69, 9.17) is 4.74 Å². The van der Waals surface area contributed by atoms with Gasteiger partial charge in [-0.3, -0.25) is 0 Å². The fourth-order valence-electron chi connectivity index (χ4n) is 2.56. The van der Waals surface area contributed by atoms with E-state index >= 15 is 0 Å². The lowest BCUT2D eigenvalue weighted by Gasteiger charge is -2.16. The number of allylic oxidation sites excluding steroid dienone is 1. The summed E-state index contributed by atoms with van der Waals surface area (Å²) >= 11 is 0. The molecule has 0 aromatic heterocycles. The second-order valence-electron chi connectivity index (χ2n) is 4.80. The number of hydrogen-bond acceptors (Lipinski definition) is 1. The Hall–Kier alpha value is -1.76. The molecule has 3 rings (SSSR count). The monoisotopic (exact) mass is 238 g/mol. The Labute approximate surface area is 108 Å². The Morgan fingerprint density at radius 2 is 2.11 bits per heavy atom. The minimum absolute atomic E-state index is 0.811. The molecule has 1 aliphatic rings. The summed E-state index contributed by atoms with van der Waals surface area (Å²) in [6.45, 7) is 3.00. The second kappa shape index (κ2) is 4.85. The van der Waals surface area contributed by atoms with Crippen molar-refractivity contribution in [1.29, 1.82) is 0 Å². The van der Waals surface area contributed by atoms with Crippen LogP contribution in [0, 0.1) is 0 Å². The lowest BCUT2D eigenvalue weighted by molar-refractivity contribution is 0.309. The van der Waals surface area contributed by atoms with Crippen LogP contribution in [0.1, 0.15) is 30.9 Å². The zero-order valence-corrected chi connectivity index (χ0v) is 10.8. The van der Waals surface area contributed by atoms with Gasteiger partial charge in [-0.25, -0.2) is 0 Å². The molecule has 2 aromatic rings. The number of rotatable bonds is 4. The normalized spacial score (nSPS) is 12.9. The van der Waals surface area contributed by atoms with E-state index in [1.807, 2.05) is 0 Å². The lowest BCUT2D eigenvalue weighted by atomic mass is 9.92. The van der Waals surface area contributed by atoms with E-state index in [9.17, 15) is 0 Å². The molecule has 2 aromatic carbocycles. The van der Waals surface area contributed by atoms with Crippen LogP contribution >= 0.6 is 0 Å². The molecular formula is C17H18O. The van der Waals surface area contributed by atoms with Gasteiger partial charge < -0.3 is 4.74 Å². The van der Waals surface area contributed by atoms with Gasteiger partial charge in [-0.05, 0) is 35.2 Å². The number of ether oxygens (including phenoxy) is 1. The van der Waals surface area contributed by atoms with Crippen molar-refractivity contribution in [3.05, 3.63) is 47.5 Å². The summed E-state index contributed by atoms with van der Waals surface area (Å²) in [5.41, 5.74) is 2.66. The Morgan fingerprint density at radius 1 is 1.17 bits per heavy atom. The van der Waals surface area contributed by atoms with Crippen molar-refractivity contribution >= 4 is 16.8 Å². The molecule has 1 heteroatoms. The van der Waals surface area contributed by atoms with E-state index in [2.05, 4.69) is 49.4 Å². The predicted octanol–water partition coefficient (Wildman–Crippen LogP) is 4.59. The number of benzene rings is 2. The first-order chi connectivity index (χ1) is 8.90. The van der Waals surface area contributed by atoms with Crippen molar-refractivity contribution in [2.75, 3.05) is 6.61 Å². The minimum atomic E-state index is 0.811. The van der Waals surface area contributed by atoms with Crippen molar-refractivity contribution in [2.24, 2.45) is 0 Å². The van der Waals surface area contributed by atoms with Crippen LogP contribution in [0.4, 0.5) is 0 Å². The lowest BCUT2D eigenvalue weighted by Crippen LogP contribution is -2.01. The highest BCUT2D eigenvalue weighted by molar-refractivity contribution is 5.97. The molecule has 0 saturated heterocycles. The maximum atomic E-state index is 5.91. The SMILES string of the molecule is CCCCOc1ccc2cccc3c2c1C=CC3. The molecule has 0 N–H and O–H groups in total. The van der Waals surface area contributed by atoms with Crippen LogP contribution in [0.5, 0.6) is 5.75 Å². The van der Waals surface area contributed by atoms with Crippen LogP contribution in [0.25, 0.3) is 16.8 Å². The fourth-order valence-corrected chi connectivity index (χ4v) is 2.56. The van der Waals surface area contributed by atoms with Gasteiger partial charge in [0.05, 0.1) is 6.61 Å². The third-order valence-electron chi connectivity index (χ3n) is 3.51. The highest BCUT2D eigenvalue weighted by atomic mass is 16.5. The summed E-state index contributed by atoms with van der Waals surface area (Å²) in [6.07, 6.45) is 7.75. The van der Waals surface area contributed by atoms with Crippen molar-refractivity contribution in [1.82, 2.24) is 0 Å². The molecule has 0 spiro atoms. The molecule has 1 nitrogen and oxygen atoms in total. The summed E-state index contributed by atoms with van der Waals surface area (Å²) in [5, 5.41) is 2.68. The third kappa shape index (κ3) is 1.90. The highest BCUT2D eigenvalue weighted by Gasteiger charge is 2.12. The smallest absolute Gasteiger partial charge is 0.127 e. The van der Waals surface area contributed by atoms with E-state index in [1.165, 1.54) is 28.3 Å². The van der Waals surface area contributed by atoms with Gasteiger partial charge in [-0.15, -0.1) is 0 Å². The largest absolute Gasteiger partial charge is 0.493 e. The second-order valence-corrected chi connectivity index (χ2v) is 4.80. The van der Waals surface area contributed by atoms with Gasteiger partial charge >= 0.3 is 0 Å². The van der Waals surface area contributed by atoms with Gasteiger partial charge in [0, 0.05) is 5.56 Å². The average Bonchev–Trinajstić information content (AvgIpc) is 2.42. The summed E-state index contributed by atoms with van der Waals surface area (Å²) in [7, 11) is 0. The summed E-state index contributed by atoms with van der Waals surface area (Å²) in [6, 6.07) is 10.8. The quantitative estimate of drug-likeness (QED) is 0.708. The van der Waals surface area contributed by atoms with Crippen LogP contribution < -0.4 is 4.74 Å². The van der Waals surface area contributed by atoms with E-state index in [-0.39, 0.29) is 0 Å². The average molecular weight is 238 g/mol. The zero-order valence-electron chi connectivity index (χ0n) is 10.8. The van der Waals surface area contributed by atoms with Crippen LogP contribution in [0.15, 0.2) is 36.4 Å². The van der Waals surface area contributed by atoms with Gasteiger partial charge in [-0.1, -0.05) is 49.8 Å². The molecule has 0 unspecified atom stereocenters. The van der Waals surface area contributed by atoms with Gasteiger partial charge in [0.15, 0.2) is 0 Å². The van der Waals surface area contributed by atoms with Gasteiger partial charge in [0.25, 0.3) is 0 Å². The third-order valence-corrected chi connectivity index (χ3v) is 3.51. The van der Waals surface area contributed by atoms with Crippen molar-refractivity contribution < 1.29 is 4.74 Å². The standard InChI is InChI=1S/C17H18O/c1-2-3-12-18-16-11-10-14-7-4-6-13-8-5-9-15(16)17(13)14/h4-7,9-11H,2-3,8,12H2,1H3. The first-order valence-electron chi connectivity index (χ1n) is 6.74. The van der Waals surface area contributed by atoms with E-state index in [0.29, 0.717) is 0 Å².